The van der Waals surface area contributed by atoms with E-state index in [0.717, 1.165) is 36.6 Å². The predicted molar refractivity (Wildman–Crippen MR) is 87.5 cm³/mol. The summed E-state index contributed by atoms with van der Waals surface area (Å²) in [6.45, 7) is 2.89. The van der Waals surface area contributed by atoms with E-state index in [1.165, 1.54) is 5.56 Å². The van der Waals surface area contributed by atoms with Crippen molar-refractivity contribution in [3.63, 3.8) is 0 Å². The van der Waals surface area contributed by atoms with E-state index >= 15 is 0 Å². The van der Waals surface area contributed by atoms with Crippen LogP contribution in [0, 0.1) is 0 Å². The van der Waals surface area contributed by atoms with E-state index < -0.39 is 5.97 Å². The van der Waals surface area contributed by atoms with Crippen LogP contribution in [0.2, 0.25) is 5.02 Å². The van der Waals surface area contributed by atoms with E-state index in [2.05, 4.69) is 11.0 Å². The smallest absolute Gasteiger partial charge is 0.335 e. The number of aromatic carboxylic acids is 1. The molecule has 1 fully saturated rings. The topological polar surface area (TPSA) is 40.5 Å². The van der Waals surface area contributed by atoms with E-state index in [1.54, 1.807) is 12.1 Å². The number of benzene rings is 2. The second-order valence-corrected chi connectivity index (χ2v) is 6.15. The van der Waals surface area contributed by atoms with E-state index in [-0.39, 0.29) is 0 Å². The molecule has 1 saturated heterocycles. The molecule has 3 nitrogen and oxygen atoms in total. The molecule has 1 N–H and O–H groups in total. The zero-order valence-electron chi connectivity index (χ0n) is 12.2. The minimum atomic E-state index is -0.877. The monoisotopic (exact) mass is 315 g/mol. The van der Waals surface area contributed by atoms with Crippen LogP contribution in [-0.2, 0) is 6.54 Å². The average molecular weight is 316 g/mol. The molecular weight excluding hydrogens is 298 g/mol. The quantitative estimate of drug-likeness (QED) is 0.926. The summed E-state index contributed by atoms with van der Waals surface area (Å²) in [6, 6.07) is 15.2. The molecule has 1 aliphatic heterocycles. The van der Waals surface area contributed by atoms with Gasteiger partial charge in [-0.15, -0.1) is 0 Å². The van der Waals surface area contributed by atoms with Crippen molar-refractivity contribution in [2.75, 3.05) is 13.1 Å². The largest absolute Gasteiger partial charge is 0.478 e. The number of nitrogens with zero attached hydrogens (tertiary/aromatic N) is 1. The molecule has 1 unspecified atom stereocenters. The van der Waals surface area contributed by atoms with Crippen molar-refractivity contribution < 1.29 is 9.90 Å². The second kappa shape index (κ2) is 6.51. The van der Waals surface area contributed by atoms with Crippen LogP contribution < -0.4 is 0 Å². The molecule has 4 heteroatoms. The molecule has 0 amide bonds. The maximum absolute atomic E-state index is 10.9. The Morgan fingerprint density at radius 1 is 1.18 bits per heavy atom. The summed E-state index contributed by atoms with van der Waals surface area (Å²) in [5.41, 5.74) is 2.72. The van der Waals surface area contributed by atoms with Gasteiger partial charge in [-0.25, -0.2) is 4.79 Å². The molecule has 1 heterocycles. The number of carboxylic acids is 1. The Kier molecular flexibility index (Phi) is 4.46. The standard InChI is InChI=1S/C18H18ClNO2/c19-17-4-2-1-3-16(17)12-20-10-9-15(11-20)13-5-7-14(8-6-13)18(21)22/h1-8,15H,9-12H2,(H,21,22). The Labute approximate surface area is 135 Å². The van der Waals surface area contributed by atoms with Gasteiger partial charge in [0.15, 0.2) is 0 Å². The van der Waals surface area contributed by atoms with Crippen molar-refractivity contribution in [3.05, 3.63) is 70.2 Å². The first-order valence-electron chi connectivity index (χ1n) is 7.42. The van der Waals surface area contributed by atoms with Crippen LogP contribution in [0.1, 0.15) is 33.8 Å². The van der Waals surface area contributed by atoms with Crippen molar-refractivity contribution in [1.29, 1.82) is 0 Å². The highest BCUT2D eigenvalue weighted by Crippen LogP contribution is 2.29. The molecule has 2 aromatic carbocycles. The van der Waals surface area contributed by atoms with Crippen LogP contribution in [0.3, 0.4) is 0 Å². The number of likely N-dealkylation sites (tertiary alicyclic amines) is 1. The fourth-order valence-corrected chi connectivity index (χ4v) is 3.21. The maximum Gasteiger partial charge on any atom is 0.335 e. The van der Waals surface area contributed by atoms with Crippen LogP contribution in [0.15, 0.2) is 48.5 Å². The van der Waals surface area contributed by atoms with Gasteiger partial charge in [-0.1, -0.05) is 41.9 Å². The van der Waals surface area contributed by atoms with Crippen molar-refractivity contribution in [1.82, 2.24) is 4.90 Å². The third kappa shape index (κ3) is 3.32. The minimum Gasteiger partial charge on any atom is -0.478 e. The fraction of sp³-hybridized carbons (Fsp3) is 0.278. The molecule has 1 aliphatic rings. The zero-order valence-corrected chi connectivity index (χ0v) is 13.0. The van der Waals surface area contributed by atoms with Gasteiger partial charge in [0.05, 0.1) is 5.56 Å². The van der Waals surface area contributed by atoms with Crippen molar-refractivity contribution in [3.8, 4) is 0 Å². The van der Waals surface area contributed by atoms with Gasteiger partial charge < -0.3 is 5.11 Å². The van der Waals surface area contributed by atoms with E-state index in [1.807, 2.05) is 30.3 Å². The van der Waals surface area contributed by atoms with E-state index in [0.29, 0.717) is 11.5 Å². The number of hydrogen-bond acceptors (Lipinski definition) is 2. The first-order valence-corrected chi connectivity index (χ1v) is 7.80. The Bertz CT molecular complexity index is 669. The van der Waals surface area contributed by atoms with Crippen molar-refractivity contribution in [2.45, 2.75) is 18.9 Å². The van der Waals surface area contributed by atoms with Crippen molar-refractivity contribution in [2.24, 2.45) is 0 Å². The van der Waals surface area contributed by atoms with Gasteiger partial charge in [0.1, 0.15) is 0 Å². The number of hydrogen-bond donors (Lipinski definition) is 1. The molecule has 114 valence electrons. The highest BCUT2D eigenvalue weighted by molar-refractivity contribution is 6.31. The van der Waals surface area contributed by atoms with Crippen LogP contribution in [-0.4, -0.2) is 29.1 Å². The number of carboxylic acid groups (broad SMARTS) is 1. The lowest BCUT2D eigenvalue weighted by Crippen LogP contribution is -2.19. The summed E-state index contributed by atoms with van der Waals surface area (Å²) in [5.74, 6) is -0.413. The second-order valence-electron chi connectivity index (χ2n) is 5.74. The van der Waals surface area contributed by atoms with Crippen LogP contribution in [0.5, 0.6) is 0 Å². The van der Waals surface area contributed by atoms with Gasteiger partial charge in [0, 0.05) is 18.1 Å². The fourth-order valence-electron chi connectivity index (χ4n) is 3.01. The SMILES string of the molecule is O=C(O)c1ccc(C2CCN(Cc3ccccc3Cl)C2)cc1. The lowest BCUT2D eigenvalue weighted by atomic mass is 9.97. The van der Waals surface area contributed by atoms with Crippen LogP contribution in [0.4, 0.5) is 0 Å². The molecule has 0 bridgehead atoms. The third-order valence-corrected chi connectivity index (χ3v) is 4.62. The summed E-state index contributed by atoms with van der Waals surface area (Å²) in [7, 11) is 0. The van der Waals surface area contributed by atoms with Crippen molar-refractivity contribution >= 4 is 17.6 Å². The number of carbonyl (C=O) groups is 1. The number of halogens is 1. The predicted octanol–water partition coefficient (Wildman–Crippen LogP) is 4.03. The summed E-state index contributed by atoms with van der Waals surface area (Å²) >= 11 is 6.22. The highest BCUT2D eigenvalue weighted by atomic mass is 35.5. The Morgan fingerprint density at radius 2 is 1.91 bits per heavy atom. The van der Waals surface area contributed by atoms with Crippen LogP contribution in [0.25, 0.3) is 0 Å². The molecule has 1 atom stereocenters. The lowest BCUT2D eigenvalue weighted by Gasteiger charge is -2.17. The van der Waals surface area contributed by atoms with E-state index in [4.69, 9.17) is 16.7 Å². The van der Waals surface area contributed by atoms with Crippen LogP contribution >= 0.6 is 11.6 Å². The summed E-state index contributed by atoms with van der Waals surface area (Å²) in [4.78, 5) is 13.3. The van der Waals surface area contributed by atoms with Gasteiger partial charge in [-0.2, -0.15) is 0 Å². The maximum atomic E-state index is 10.9. The molecule has 0 spiro atoms. The molecule has 0 aliphatic carbocycles. The first kappa shape index (κ1) is 15.1. The normalized spacial score (nSPS) is 18.5. The van der Waals surface area contributed by atoms with Gasteiger partial charge >= 0.3 is 5.97 Å². The van der Waals surface area contributed by atoms with Gasteiger partial charge in [-0.05, 0) is 48.2 Å². The summed E-state index contributed by atoms with van der Waals surface area (Å²) in [5, 5.41) is 9.77. The molecule has 22 heavy (non-hydrogen) atoms. The molecule has 0 saturated carbocycles. The van der Waals surface area contributed by atoms with E-state index in [9.17, 15) is 4.79 Å². The number of rotatable bonds is 4. The summed E-state index contributed by atoms with van der Waals surface area (Å²) in [6.07, 6.45) is 1.09. The van der Waals surface area contributed by atoms with Gasteiger partial charge in [0.2, 0.25) is 0 Å². The Morgan fingerprint density at radius 3 is 2.59 bits per heavy atom. The Hall–Kier alpha value is -1.84. The molecule has 0 radical (unpaired) electrons. The highest BCUT2D eigenvalue weighted by Gasteiger charge is 2.24. The zero-order chi connectivity index (χ0) is 15.5. The first-order chi connectivity index (χ1) is 10.6. The average Bonchev–Trinajstić information content (AvgIpc) is 2.98. The molecular formula is C18H18ClNO2. The third-order valence-electron chi connectivity index (χ3n) is 4.25. The van der Waals surface area contributed by atoms with Gasteiger partial charge in [0.25, 0.3) is 0 Å². The molecule has 2 aromatic rings. The summed E-state index contributed by atoms with van der Waals surface area (Å²) < 4.78 is 0. The lowest BCUT2D eigenvalue weighted by molar-refractivity contribution is 0.0697. The minimum absolute atomic E-state index is 0.342. The Balaban J connectivity index is 1.65. The van der Waals surface area contributed by atoms with Gasteiger partial charge in [-0.3, -0.25) is 4.90 Å². The molecule has 3 rings (SSSR count). The molecule has 0 aromatic heterocycles.